The van der Waals surface area contributed by atoms with E-state index in [2.05, 4.69) is 4.90 Å². The van der Waals surface area contributed by atoms with Gasteiger partial charge in [0.25, 0.3) is 11.8 Å². The second kappa shape index (κ2) is 8.22. The normalized spacial score (nSPS) is 17.7. The smallest absolute Gasteiger partial charge is 0.265 e. The summed E-state index contributed by atoms with van der Waals surface area (Å²) in [6.45, 7) is 4.26. The Balaban J connectivity index is 1.17. The molecule has 1 aromatic heterocycles. The van der Waals surface area contributed by atoms with Gasteiger partial charge < -0.3 is 9.80 Å². The molecule has 0 N–H and O–H groups in total. The first-order chi connectivity index (χ1) is 15.0. The van der Waals surface area contributed by atoms with Crippen LogP contribution in [0.25, 0.3) is 10.1 Å². The van der Waals surface area contributed by atoms with E-state index < -0.39 is 0 Å². The van der Waals surface area contributed by atoms with Crippen molar-refractivity contribution in [2.45, 2.75) is 6.04 Å². The first kappa shape index (κ1) is 20.4. The predicted octanol–water partition coefficient (Wildman–Crippen LogP) is 3.98. The number of hydrogen-bond donors (Lipinski definition) is 0. The molecule has 2 saturated heterocycles. The van der Waals surface area contributed by atoms with Gasteiger partial charge in [-0.2, -0.15) is 0 Å². The highest BCUT2D eigenvalue weighted by molar-refractivity contribution is 7.21. The Kier molecular flexibility index (Phi) is 5.42. The lowest BCUT2D eigenvalue weighted by Gasteiger charge is -2.48. The zero-order valence-electron chi connectivity index (χ0n) is 16.8. The fourth-order valence-corrected chi connectivity index (χ4v) is 5.73. The highest BCUT2D eigenvalue weighted by atomic mass is 35.5. The summed E-state index contributed by atoms with van der Waals surface area (Å²) in [4.78, 5) is 32.0. The standard InChI is InChI=1S/C23H21ClFN3O2S/c24-20-18-7-6-16(25)12-19(18)31-21(20)23(30)28-13-17(14-28)26-8-10-27(11-9-26)22(29)15-4-2-1-3-5-15/h1-7,12,17H,8-11,13-14H2. The molecule has 3 aromatic rings. The first-order valence-corrected chi connectivity index (χ1v) is 11.5. The molecule has 0 saturated carbocycles. The van der Waals surface area contributed by atoms with Crippen LogP contribution < -0.4 is 0 Å². The summed E-state index contributed by atoms with van der Waals surface area (Å²) in [5.74, 6) is -0.361. The molecular weight excluding hydrogens is 437 g/mol. The Labute approximate surface area is 188 Å². The summed E-state index contributed by atoms with van der Waals surface area (Å²) in [7, 11) is 0. The summed E-state index contributed by atoms with van der Waals surface area (Å²) >= 11 is 7.64. The lowest BCUT2D eigenvalue weighted by atomic mass is 10.1. The van der Waals surface area contributed by atoms with Crippen molar-refractivity contribution < 1.29 is 14.0 Å². The Morgan fingerprint density at radius 2 is 1.65 bits per heavy atom. The molecule has 0 radical (unpaired) electrons. The summed E-state index contributed by atoms with van der Waals surface area (Å²) in [5.41, 5.74) is 0.719. The second-order valence-corrected chi connectivity index (χ2v) is 9.37. The molecular formula is C23H21ClFN3O2S. The summed E-state index contributed by atoms with van der Waals surface area (Å²) in [5, 5.41) is 1.12. The summed E-state index contributed by atoms with van der Waals surface area (Å²) in [6, 6.07) is 14.0. The quantitative estimate of drug-likeness (QED) is 0.597. The zero-order valence-corrected chi connectivity index (χ0v) is 18.3. The Morgan fingerprint density at radius 1 is 0.935 bits per heavy atom. The Morgan fingerprint density at radius 3 is 2.35 bits per heavy atom. The van der Waals surface area contributed by atoms with Gasteiger partial charge in [-0.3, -0.25) is 14.5 Å². The summed E-state index contributed by atoms with van der Waals surface area (Å²) in [6.07, 6.45) is 0. The number of thiophene rings is 1. The second-order valence-electron chi connectivity index (χ2n) is 7.94. The number of carbonyl (C=O) groups excluding carboxylic acids is 2. The molecule has 5 nitrogen and oxygen atoms in total. The van der Waals surface area contributed by atoms with Crippen LogP contribution in [0.1, 0.15) is 20.0 Å². The van der Waals surface area contributed by atoms with E-state index in [9.17, 15) is 14.0 Å². The average molecular weight is 458 g/mol. The van der Waals surface area contributed by atoms with Crippen LogP contribution >= 0.6 is 22.9 Å². The van der Waals surface area contributed by atoms with Gasteiger partial charge in [-0.05, 0) is 30.3 Å². The molecule has 2 aliphatic rings. The van der Waals surface area contributed by atoms with Crippen molar-refractivity contribution in [2.24, 2.45) is 0 Å². The highest BCUT2D eigenvalue weighted by Crippen LogP contribution is 2.37. The van der Waals surface area contributed by atoms with Crippen molar-refractivity contribution in [2.75, 3.05) is 39.3 Å². The van der Waals surface area contributed by atoms with Crippen molar-refractivity contribution in [1.29, 1.82) is 0 Å². The molecule has 2 amide bonds. The number of likely N-dealkylation sites (tertiary alicyclic amines) is 1. The third kappa shape index (κ3) is 3.82. The molecule has 0 atom stereocenters. The van der Waals surface area contributed by atoms with E-state index >= 15 is 0 Å². The van der Waals surface area contributed by atoms with Crippen LogP contribution in [0.3, 0.4) is 0 Å². The van der Waals surface area contributed by atoms with Crippen molar-refractivity contribution in [3.8, 4) is 0 Å². The molecule has 0 bridgehead atoms. The van der Waals surface area contributed by atoms with Crippen molar-refractivity contribution in [3.05, 3.63) is 69.8 Å². The molecule has 2 aliphatic heterocycles. The maximum Gasteiger partial charge on any atom is 0.265 e. The van der Waals surface area contributed by atoms with Crippen LogP contribution in [-0.2, 0) is 0 Å². The fourth-order valence-electron chi connectivity index (χ4n) is 4.23. The number of nitrogens with zero attached hydrogens (tertiary/aromatic N) is 3. The highest BCUT2D eigenvalue weighted by Gasteiger charge is 2.38. The maximum absolute atomic E-state index is 13.5. The van der Waals surface area contributed by atoms with E-state index in [1.54, 1.807) is 11.0 Å². The van der Waals surface area contributed by atoms with Crippen LogP contribution in [0.15, 0.2) is 48.5 Å². The van der Waals surface area contributed by atoms with Crippen LogP contribution in [0, 0.1) is 5.82 Å². The lowest BCUT2D eigenvalue weighted by molar-refractivity contribution is 0.00881. The van der Waals surface area contributed by atoms with Crippen LogP contribution in [0.4, 0.5) is 4.39 Å². The molecule has 5 rings (SSSR count). The van der Waals surface area contributed by atoms with Gasteiger partial charge in [0.15, 0.2) is 0 Å². The SMILES string of the molecule is O=C(c1ccccc1)N1CCN(C2CN(C(=O)c3sc4cc(F)ccc4c3Cl)C2)CC1. The monoisotopic (exact) mass is 457 g/mol. The maximum atomic E-state index is 13.5. The van der Waals surface area contributed by atoms with Gasteiger partial charge in [0.05, 0.1) is 5.02 Å². The molecule has 0 aliphatic carbocycles. The summed E-state index contributed by atoms with van der Waals surface area (Å²) < 4.78 is 14.2. The fraction of sp³-hybridized carbons (Fsp3) is 0.304. The van der Waals surface area contributed by atoms with E-state index in [4.69, 9.17) is 11.6 Å². The minimum absolute atomic E-state index is 0.0708. The van der Waals surface area contributed by atoms with Crippen LogP contribution in [0.5, 0.6) is 0 Å². The van der Waals surface area contributed by atoms with Gasteiger partial charge in [-0.15, -0.1) is 11.3 Å². The minimum atomic E-state index is -0.335. The number of rotatable bonds is 3. The van der Waals surface area contributed by atoms with Crippen LogP contribution in [-0.4, -0.2) is 71.8 Å². The third-order valence-electron chi connectivity index (χ3n) is 6.07. The van der Waals surface area contributed by atoms with Gasteiger partial charge in [0.1, 0.15) is 10.7 Å². The number of hydrogen-bond acceptors (Lipinski definition) is 4. The van der Waals surface area contributed by atoms with E-state index in [-0.39, 0.29) is 17.6 Å². The van der Waals surface area contributed by atoms with E-state index in [0.29, 0.717) is 52.2 Å². The van der Waals surface area contributed by atoms with Crippen LogP contribution in [0.2, 0.25) is 5.02 Å². The number of fused-ring (bicyclic) bond motifs is 1. The number of carbonyl (C=O) groups is 2. The molecule has 160 valence electrons. The van der Waals surface area contributed by atoms with E-state index in [0.717, 1.165) is 18.7 Å². The van der Waals surface area contributed by atoms with Gasteiger partial charge in [0, 0.05) is 61.0 Å². The number of benzene rings is 2. The third-order valence-corrected chi connectivity index (χ3v) is 7.72. The molecule has 3 heterocycles. The predicted molar refractivity (Wildman–Crippen MR) is 120 cm³/mol. The Hall–Kier alpha value is -2.48. The minimum Gasteiger partial charge on any atom is -0.336 e. The van der Waals surface area contributed by atoms with Crippen molar-refractivity contribution in [1.82, 2.24) is 14.7 Å². The number of amides is 2. The van der Waals surface area contributed by atoms with Gasteiger partial charge in [-0.1, -0.05) is 29.8 Å². The number of halogens is 2. The molecule has 31 heavy (non-hydrogen) atoms. The average Bonchev–Trinajstić information content (AvgIpc) is 3.09. The molecule has 0 unspecified atom stereocenters. The lowest BCUT2D eigenvalue weighted by Crippen LogP contribution is -2.64. The zero-order chi connectivity index (χ0) is 21.5. The van der Waals surface area contributed by atoms with Crippen molar-refractivity contribution in [3.63, 3.8) is 0 Å². The molecule has 0 spiro atoms. The van der Waals surface area contributed by atoms with Crippen molar-refractivity contribution >= 4 is 44.8 Å². The van der Waals surface area contributed by atoms with Gasteiger partial charge in [-0.25, -0.2) is 4.39 Å². The Bertz CT molecular complexity index is 1140. The van der Waals surface area contributed by atoms with Gasteiger partial charge >= 0.3 is 0 Å². The van der Waals surface area contributed by atoms with Gasteiger partial charge in [0.2, 0.25) is 0 Å². The van der Waals surface area contributed by atoms with E-state index in [1.807, 2.05) is 35.2 Å². The largest absolute Gasteiger partial charge is 0.336 e. The number of piperazine rings is 1. The topological polar surface area (TPSA) is 43.9 Å². The molecule has 2 fully saturated rings. The molecule has 2 aromatic carbocycles. The first-order valence-electron chi connectivity index (χ1n) is 10.3. The molecule has 8 heteroatoms. The van der Waals surface area contributed by atoms with E-state index in [1.165, 1.54) is 23.5 Å².